The highest BCUT2D eigenvalue weighted by Gasteiger charge is 2.36. The molecule has 0 radical (unpaired) electrons. The van der Waals surface area contributed by atoms with E-state index in [1.165, 1.54) is 11.3 Å². The molecule has 4 N–H and O–H groups in total. The second kappa shape index (κ2) is 11.2. The van der Waals surface area contributed by atoms with Crippen LogP contribution in [0.5, 0.6) is 0 Å². The van der Waals surface area contributed by atoms with Crippen molar-refractivity contribution in [3.8, 4) is 0 Å². The Morgan fingerprint density at radius 2 is 2.05 bits per heavy atom. The number of halogens is 2. The quantitative estimate of drug-likeness (QED) is 0.312. The summed E-state index contributed by atoms with van der Waals surface area (Å²) in [6.07, 6.45) is 2.39. The number of nitrogens with one attached hydrogen (secondary N) is 3. The largest absolute Gasteiger partial charge is 0.480 e. The number of alkyl halides is 1. The van der Waals surface area contributed by atoms with Crippen LogP contribution in [0.1, 0.15) is 32.9 Å². The topological polar surface area (TPSA) is 144 Å². The minimum atomic E-state index is -1.38. The number of hydrogen-bond donors (Lipinski definition) is 4. The number of aliphatic carboxylic acids is 1. The first-order chi connectivity index (χ1) is 18.7. The van der Waals surface area contributed by atoms with Gasteiger partial charge >= 0.3 is 5.97 Å². The monoisotopic (exact) mass is 587 g/mol. The third kappa shape index (κ3) is 5.56. The minimum absolute atomic E-state index is 0.0809. The normalized spacial score (nSPS) is 18.1. The van der Waals surface area contributed by atoms with Crippen molar-refractivity contribution in [3.05, 3.63) is 74.1 Å². The van der Waals surface area contributed by atoms with Crippen LogP contribution >= 0.6 is 34.5 Å². The van der Waals surface area contributed by atoms with Gasteiger partial charge in [0.2, 0.25) is 0 Å². The molecule has 1 unspecified atom stereocenters. The van der Waals surface area contributed by atoms with Gasteiger partial charge in [0.1, 0.15) is 6.04 Å². The molecule has 1 aliphatic heterocycles. The summed E-state index contributed by atoms with van der Waals surface area (Å²) >= 11 is 14.4. The Hall–Kier alpha value is -3.67. The van der Waals surface area contributed by atoms with Crippen molar-refractivity contribution >= 4 is 69.1 Å². The van der Waals surface area contributed by atoms with Crippen LogP contribution in [0.15, 0.2) is 63.7 Å². The lowest BCUT2D eigenvalue weighted by Crippen LogP contribution is -2.49. The van der Waals surface area contributed by atoms with E-state index in [0.717, 1.165) is 22.0 Å². The van der Waals surface area contributed by atoms with Crippen molar-refractivity contribution < 1.29 is 24.3 Å². The van der Waals surface area contributed by atoms with Gasteiger partial charge in [0.15, 0.2) is 0 Å². The molecule has 2 atom stereocenters. The number of thiophene rings is 1. The molecule has 1 aromatic carbocycles. The molecule has 2 aromatic heterocycles. The molecular formula is C26H23Cl2N5O5S. The zero-order valence-corrected chi connectivity index (χ0v) is 22.7. The van der Waals surface area contributed by atoms with E-state index in [2.05, 4.69) is 20.8 Å². The average Bonchev–Trinajstić information content (AvgIpc) is 3.62. The first-order valence-corrected chi connectivity index (χ1v) is 13.7. The van der Waals surface area contributed by atoms with Crippen LogP contribution < -0.4 is 10.6 Å². The zero-order valence-electron chi connectivity index (χ0n) is 20.4. The van der Waals surface area contributed by atoms with Gasteiger partial charge in [0, 0.05) is 30.6 Å². The maximum Gasteiger partial charge on any atom is 0.328 e. The number of allylic oxidation sites excluding steroid dienone is 1. The van der Waals surface area contributed by atoms with Crippen LogP contribution in [0.25, 0.3) is 10.9 Å². The van der Waals surface area contributed by atoms with Crippen molar-refractivity contribution in [1.82, 2.24) is 25.7 Å². The predicted molar refractivity (Wildman–Crippen MR) is 147 cm³/mol. The Bertz CT molecular complexity index is 1530. The molecule has 2 aliphatic rings. The number of rotatable bonds is 7. The van der Waals surface area contributed by atoms with Gasteiger partial charge in [-0.1, -0.05) is 23.7 Å². The van der Waals surface area contributed by atoms with E-state index in [9.17, 15) is 24.3 Å². The maximum atomic E-state index is 13.2. The van der Waals surface area contributed by atoms with Crippen molar-refractivity contribution in [2.45, 2.75) is 24.3 Å². The number of carbonyl (C=O) groups is 4. The SMILES string of the molecule is O=C(N[C@@H](CNC(=O)c1cccs1)C(=O)O)C1=C(Cl)C2=C(CC1Cl)CN(C(=O)c1ccc3cn[nH]c3c1)CC2. The number of carbonyl (C=O) groups excluding carboxylic acids is 3. The number of carboxylic acid groups (broad SMARTS) is 1. The fourth-order valence-electron chi connectivity index (χ4n) is 4.69. The summed E-state index contributed by atoms with van der Waals surface area (Å²) in [5.41, 5.74) is 2.98. The Kier molecular flexibility index (Phi) is 7.74. The summed E-state index contributed by atoms with van der Waals surface area (Å²) < 4.78 is 0. The molecule has 5 rings (SSSR count). The fraction of sp³-hybridized carbons (Fsp3) is 0.269. The first-order valence-electron chi connectivity index (χ1n) is 12.1. The van der Waals surface area contributed by atoms with E-state index in [1.807, 2.05) is 6.07 Å². The van der Waals surface area contributed by atoms with Crippen molar-refractivity contribution in [1.29, 1.82) is 0 Å². The highest BCUT2D eigenvalue weighted by Crippen LogP contribution is 2.40. The van der Waals surface area contributed by atoms with E-state index in [1.54, 1.807) is 40.7 Å². The molecule has 3 aromatic rings. The molecule has 13 heteroatoms. The molecule has 0 saturated carbocycles. The number of H-pyrrole nitrogens is 1. The summed E-state index contributed by atoms with van der Waals surface area (Å²) in [4.78, 5) is 52.4. The molecule has 0 saturated heterocycles. The Morgan fingerprint density at radius 1 is 1.23 bits per heavy atom. The summed E-state index contributed by atoms with van der Waals surface area (Å²) in [6.45, 7) is 0.393. The number of aromatic nitrogens is 2. The molecule has 39 heavy (non-hydrogen) atoms. The second-order valence-corrected chi connectivity index (χ2v) is 11.0. The van der Waals surface area contributed by atoms with Crippen molar-refractivity contribution in [2.24, 2.45) is 0 Å². The zero-order chi connectivity index (χ0) is 27.7. The molecule has 1 aliphatic carbocycles. The Labute approximate surface area is 236 Å². The van der Waals surface area contributed by atoms with Gasteiger partial charge in [-0.05, 0) is 47.6 Å². The summed E-state index contributed by atoms with van der Waals surface area (Å²) in [7, 11) is 0. The Balaban J connectivity index is 1.28. The standard InChI is InChI=1S/C26H23Cl2N5O5S/c27-17-8-15-12-33(25(36)13-3-4-14-10-30-32-18(14)9-13)6-5-16(15)22(28)21(17)24(35)31-19(26(37)38)11-29-23(34)20-2-1-7-39-20/h1-4,7,9-10,17,19H,5-6,8,11-12H2,(H,29,34)(H,30,32)(H,31,35)(H,37,38)/t17?,19-/m0/s1. The second-order valence-electron chi connectivity index (χ2n) is 9.18. The number of nitrogens with zero attached hydrogens (tertiary/aromatic N) is 2. The first kappa shape index (κ1) is 26.9. The molecule has 202 valence electrons. The molecule has 0 fully saturated rings. The number of benzene rings is 1. The smallest absolute Gasteiger partial charge is 0.328 e. The van der Waals surface area contributed by atoms with Gasteiger partial charge in [-0.3, -0.25) is 19.5 Å². The molecular weight excluding hydrogens is 565 g/mol. The van der Waals surface area contributed by atoms with Gasteiger partial charge in [-0.25, -0.2) is 4.79 Å². The number of fused-ring (bicyclic) bond motifs is 1. The Morgan fingerprint density at radius 3 is 2.79 bits per heavy atom. The average molecular weight is 588 g/mol. The number of amides is 3. The summed E-state index contributed by atoms with van der Waals surface area (Å²) in [5, 5.41) is 23.4. The van der Waals surface area contributed by atoms with Crippen LogP contribution in [0.2, 0.25) is 0 Å². The highest BCUT2D eigenvalue weighted by molar-refractivity contribution is 7.12. The lowest BCUT2D eigenvalue weighted by molar-refractivity contribution is -0.141. The van der Waals surface area contributed by atoms with Gasteiger partial charge < -0.3 is 20.6 Å². The van der Waals surface area contributed by atoms with E-state index in [4.69, 9.17) is 23.2 Å². The number of carboxylic acids is 1. The van der Waals surface area contributed by atoms with E-state index in [-0.39, 0.29) is 29.5 Å². The fourth-order valence-corrected chi connectivity index (χ4v) is 6.23. The van der Waals surface area contributed by atoms with E-state index in [0.29, 0.717) is 30.0 Å². The molecule has 0 bridgehead atoms. The van der Waals surface area contributed by atoms with Gasteiger partial charge in [0.25, 0.3) is 17.7 Å². The lowest BCUT2D eigenvalue weighted by atomic mass is 9.86. The summed E-state index contributed by atoms with van der Waals surface area (Å²) in [5.74, 6) is -2.60. The van der Waals surface area contributed by atoms with Crippen LogP contribution in [0.4, 0.5) is 0 Å². The third-order valence-electron chi connectivity index (χ3n) is 6.72. The molecule has 10 nitrogen and oxygen atoms in total. The molecule has 3 amide bonds. The summed E-state index contributed by atoms with van der Waals surface area (Å²) in [6, 6.07) is 7.28. The molecule has 0 spiro atoms. The van der Waals surface area contributed by atoms with Crippen molar-refractivity contribution in [2.75, 3.05) is 19.6 Å². The van der Waals surface area contributed by atoms with Crippen LogP contribution in [0, 0.1) is 0 Å². The maximum absolute atomic E-state index is 13.2. The van der Waals surface area contributed by atoms with Crippen LogP contribution in [-0.4, -0.2) is 74.9 Å². The highest BCUT2D eigenvalue weighted by atomic mass is 35.5. The van der Waals surface area contributed by atoms with E-state index < -0.39 is 29.2 Å². The van der Waals surface area contributed by atoms with Gasteiger partial charge in [0.05, 0.1) is 32.6 Å². The predicted octanol–water partition coefficient (Wildman–Crippen LogP) is 3.27. The molecule has 3 heterocycles. The van der Waals surface area contributed by atoms with Gasteiger partial charge in [-0.2, -0.15) is 5.10 Å². The number of aromatic amines is 1. The minimum Gasteiger partial charge on any atom is -0.480 e. The van der Waals surface area contributed by atoms with Crippen molar-refractivity contribution in [3.63, 3.8) is 0 Å². The van der Waals surface area contributed by atoms with E-state index >= 15 is 0 Å². The van der Waals surface area contributed by atoms with Gasteiger partial charge in [-0.15, -0.1) is 22.9 Å². The van der Waals surface area contributed by atoms with Crippen LogP contribution in [-0.2, 0) is 9.59 Å². The lowest BCUT2D eigenvalue weighted by Gasteiger charge is -2.35. The third-order valence-corrected chi connectivity index (χ3v) is 8.39. The van der Waals surface area contributed by atoms with Crippen LogP contribution in [0.3, 0.4) is 0 Å². The number of hydrogen-bond acceptors (Lipinski definition) is 6.